The number of methoxy groups -OCH3 is 1. The van der Waals surface area contributed by atoms with Gasteiger partial charge >= 0.3 is 0 Å². The Hall–Kier alpha value is -1.06. The van der Waals surface area contributed by atoms with E-state index in [0.717, 1.165) is 12.3 Å². The topological polar surface area (TPSA) is 32.7 Å². The largest absolute Gasteiger partial charge is 0.496 e. The first-order chi connectivity index (χ1) is 9.19. The van der Waals surface area contributed by atoms with E-state index in [1.165, 1.54) is 43.5 Å². The average Bonchev–Trinajstić information content (AvgIpc) is 2.39. The molecule has 1 unspecified atom stereocenters. The van der Waals surface area contributed by atoms with Gasteiger partial charge in [-0.15, -0.1) is 0 Å². The quantitative estimate of drug-likeness (QED) is 0.886. The number of likely N-dealkylation sites (tertiary alicyclic amines) is 1. The summed E-state index contributed by atoms with van der Waals surface area (Å²) in [5.74, 6) is 0.958. The van der Waals surface area contributed by atoms with Crippen LogP contribution >= 0.6 is 0 Å². The first kappa shape index (κ1) is 14.4. The third-order valence-electron chi connectivity index (χ3n) is 3.72. The third-order valence-corrected chi connectivity index (χ3v) is 3.72. The summed E-state index contributed by atoms with van der Waals surface area (Å²) < 4.78 is 5.46. The molecule has 1 aliphatic rings. The molecule has 3 heteroatoms. The number of ether oxygens (including phenoxy) is 1. The second-order valence-corrected chi connectivity index (χ2v) is 5.54. The number of hydrogen-bond acceptors (Lipinski definition) is 3. The molecule has 19 heavy (non-hydrogen) atoms. The van der Waals surface area contributed by atoms with Gasteiger partial charge in [0.15, 0.2) is 0 Å². The molecule has 1 aliphatic heterocycles. The predicted molar refractivity (Wildman–Crippen MR) is 77.5 cm³/mol. The standard InChI is InChI=1S/C16H25NO2/c1-13(18)10-14-6-7-16(19-2)15(11-14)12-17-8-4-3-5-9-17/h6-7,11,13,18H,3-5,8-10,12H2,1-2H3. The highest BCUT2D eigenvalue weighted by atomic mass is 16.5. The van der Waals surface area contributed by atoms with E-state index in [9.17, 15) is 5.11 Å². The summed E-state index contributed by atoms with van der Waals surface area (Å²) in [4.78, 5) is 2.49. The van der Waals surface area contributed by atoms with Crippen molar-refractivity contribution >= 4 is 0 Å². The molecule has 1 aromatic rings. The molecule has 0 saturated carbocycles. The van der Waals surface area contributed by atoms with Crippen molar-refractivity contribution in [3.63, 3.8) is 0 Å². The summed E-state index contributed by atoms with van der Waals surface area (Å²) in [5, 5.41) is 9.50. The molecule has 1 N–H and O–H groups in total. The van der Waals surface area contributed by atoms with Crippen molar-refractivity contribution in [3.8, 4) is 5.75 Å². The molecule has 2 rings (SSSR count). The number of nitrogens with zero attached hydrogens (tertiary/aromatic N) is 1. The number of benzene rings is 1. The zero-order valence-electron chi connectivity index (χ0n) is 12.1. The Balaban J connectivity index is 2.10. The van der Waals surface area contributed by atoms with E-state index in [1.54, 1.807) is 7.11 Å². The zero-order valence-corrected chi connectivity index (χ0v) is 12.1. The molecule has 1 heterocycles. The van der Waals surface area contributed by atoms with E-state index < -0.39 is 0 Å². The lowest BCUT2D eigenvalue weighted by atomic mass is 10.0. The van der Waals surface area contributed by atoms with Crippen LogP contribution in [0, 0.1) is 0 Å². The lowest BCUT2D eigenvalue weighted by molar-refractivity contribution is 0.195. The van der Waals surface area contributed by atoms with Crippen LogP contribution in [-0.4, -0.2) is 36.3 Å². The van der Waals surface area contributed by atoms with Crippen molar-refractivity contribution in [2.75, 3.05) is 20.2 Å². The van der Waals surface area contributed by atoms with Crippen molar-refractivity contribution in [2.45, 2.75) is 45.3 Å². The number of aliphatic hydroxyl groups excluding tert-OH is 1. The molecular weight excluding hydrogens is 238 g/mol. The van der Waals surface area contributed by atoms with Crippen molar-refractivity contribution in [1.82, 2.24) is 4.90 Å². The van der Waals surface area contributed by atoms with Gasteiger partial charge in [0.1, 0.15) is 5.75 Å². The van der Waals surface area contributed by atoms with Crippen LogP contribution in [0.3, 0.4) is 0 Å². The molecule has 106 valence electrons. The molecule has 0 aliphatic carbocycles. The molecule has 0 bridgehead atoms. The second-order valence-electron chi connectivity index (χ2n) is 5.54. The third kappa shape index (κ3) is 4.22. The van der Waals surface area contributed by atoms with Gasteiger partial charge in [-0.3, -0.25) is 4.90 Å². The summed E-state index contributed by atoms with van der Waals surface area (Å²) in [6.45, 7) is 5.15. The fourth-order valence-electron chi connectivity index (χ4n) is 2.78. The molecule has 0 radical (unpaired) electrons. The Bertz CT molecular complexity index is 398. The van der Waals surface area contributed by atoms with E-state index in [2.05, 4.69) is 11.0 Å². The maximum atomic E-state index is 9.50. The normalized spacial score (nSPS) is 18.3. The fourth-order valence-corrected chi connectivity index (χ4v) is 2.78. The van der Waals surface area contributed by atoms with E-state index in [4.69, 9.17) is 4.74 Å². The van der Waals surface area contributed by atoms with Crippen LogP contribution in [0.1, 0.15) is 37.3 Å². The van der Waals surface area contributed by atoms with Gasteiger partial charge in [-0.1, -0.05) is 18.6 Å². The minimum Gasteiger partial charge on any atom is -0.496 e. The molecule has 3 nitrogen and oxygen atoms in total. The smallest absolute Gasteiger partial charge is 0.123 e. The Labute approximate surface area is 116 Å². The fraction of sp³-hybridized carbons (Fsp3) is 0.625. The van der Waals surface area contributed by atoms with Crippen LogP contribution in [0.2, 0.25) is 0 Å². The van der Waals surface area contributed by atoms with Crippen LogP contribution in [0.4, 0.5) is 0 Å². The van der Waals surface area contributed by atoms with Gasteiger partial charge in [0.05, 0.1) is 13.2 Å². The van der Waals surface area contributed by atoms with Gasteiger partial charge in [-0.25, -0.2) is 0 Å². The highest BCUT2D eigenvalue weighted by molar-refractivity contribution is 5.37. The SMILES string of the molecule is COc1ccc(CC(C)O)cc1CN1CCCCC1. The molecule has 0 aromatic heterocycles. The van der Waals surface area contributed by atoms with E-state index in [0.29, 0.717) is 6.42 Å². The minimum absolute atomic E-state index is 0.295. The van der Waals surface area contributed by atoms with Crippen molar-refractivity contribution in [1.29, 1.82) is 0 Å². The monoisotopic (exact) mass is 263 g/mol. The summed E-state index contributed by atoms with van der Waals surface area (Å²) >= 11 is 0. The van der Waals surface area contributed by atoms with Gasteiger partial charge in [-0.2, -0.15) is 0 Å². The molecule has 1 saturated heterocycles. The first-order valence-electron chi connectivity index (χ1n) is 7.25. The number of piperidine rings is 1. The summed E-state index contributed by atoms with van der Waals surface area (Å²) in [6, 6.07) is 6.25. The Morgan fingerprint density at radius 2 is 2.00 bits per heavy atom. The summed E-state index contributed by atoms with van der Waals surface area (Å²) in [5.41, 5.74) is 2.42. The highest BCUT2D eigenvalue weighted by Gasteiger charge is 2.13. The van der Waals surface area contributed by atoms with Gasteiger partial charge < -0.3 is 9.84 Å². The summed E-state index contributed by atoms with van der Waals surface area (Å²) in [7, 11) is 1.73. The molecule has 0 amide bonds. The van der Waals surface area contributed by atoms with Crippen LogP contribution in [0.5, 0.6) is 5.75 Å². The maximum absolute atomic E-state index is 9.50. The van der Waals surface area contributed by atoms with E-state index in [1.807, 2.05) is 19.1 Å². The second kappa shape index (κ2) is 6.92. The lowest BCUT2D eigenvalue weighted by Crippen LogP contribution is -2.29. The number of rotatable bonds is 5. The van der Waals surface area contributed by atoms with E-state index in [-0.39, 0.29) is 6.10 Å². The Kier molecular flexibility index (Phi) is 5.23. The van der Waals surface area contributed by atoms with Gasteiger partial charge in [0.2, 0.25) is 0 Å². The van der Waals surface area contributed by atoms with Crippen molar-refractivity contribution < 1.29 is 9.84 Å². The number of aliphatic hydroxyl groups is 1. The van der Waals surface area contributed by atoms with Crippen molar-refractivity contribution in [2.24, 2.45) is 0 Å². The molecule has 0 spiro atoms. The van der Waals surface area contributed by atoms with Crippen LogP contribution < -0.4 is 4.74 Å². The highest BCUT2D eigenvalue weighted by Crippen LogP contribution is 2.23. The minimum atomic E-state index is -0.295. The van der Waals surface area contributed by atoms with Crippen LogP contribution in [0.25, 0.3) is 0 Å². The first-order valence-corrected chi connectivity index (χ1v) is 7.25. The van der Waals surface area contributed by atoms with E-state index >= 15 is 0 Å². The molecule has 1 atom stereocenters. The molecular formula is C16H25NO2. The van der Waals surface area contributed by atoms with Crippen molar-refractivity contribution in [3.05, 3.63) is 29.3 Å². The summed E-state index contributed by atoms with van der Waals surface area (Å²) in [6.07, 6.45) is 4.37. The number of hydrogen-bond donors (Lipinski definition) is 1. The Morgan fingerprint density at radius 3 is 2.63 bits per heavy atom. The molecule has 1 fully saturated rings. The van der Waals surface area contributed by atoms with Crippen LogP contribution in [0.15, 0.2) is 18.2 Å². The zero-order chi connectivity index (χ0) is 13.7. The molecule has 1 aromatic carbocycles. The van der Waals surface area contributed by atoms with Crippen LogP contribution in [-0.2, 0) is 13.0 Å². The van der Waals surface area contributed by atoms with Gasteiger partial charge in [0.25, 0.3) is 0 Å². The van der Waals surface area contributed by atoms with Gasteiger partial charge in [-0.05, 0) is 50.9 Å². The lowest BCUT2D eigenvalue weighted by Gasteiger charge is -2.27. The average molecular weight is 263 g/mol. The predicted octanol–water partition coefficient (Wildman–Crippen LogP) is 2.60. The Morgan fingerprint density at radius 1 is 1.26 bits per heavy atom. The van der Waals surface area contributed by atoms with Gasteiger partial charge in [0, 0.05) is 12.1 Å². The maximum Gasteiger partial charge on any atom is 0.123 e.